The fourth-order valence-corrected chi connectivity index (χ4v) is 3.78. The van der Waals surface area contributed by atoms with Crippen molar-refractivity contribution in [3.63, 3.8) is 0 Å². The molecule has 1 aromatic rings. The second-order valence-corrected chi connectivity index (χ2v) is 7.28. The normalized spacial score (nSPS) is 17.9. The van der Waals surface area contributed by atoms with Crippen LogP contribution in [0.1, 0.15) is 49.9 Å². The second-order valence-electron chi connectivity index (χ2n) is 5.90. The van der Waals surface area contributed by atoms with Gasteiger partial charge in [-0.3, -0.25) is 9.59 Å². The SMILES string of the molecule is CC(Sc1ccccc1C(=O)NC(C)C1CCCC1)C(=O)O. The van der Waals surface area contributed by atoms with Gasteiger partial charge in [-0.2, -0.15) is 0 Å². The number of aliphatic carboxylic acids is 1. The average Bonchev–Trinajstić information content (AvgIpc) is 3.01. The van der Waals surface area contributed by atoms with E-state index < -0.39 is 11.2 Å². The Morgan fingerprint density at radius 2 is 1.86 bits per heavy atom. The van der Waals surface area contributed by atoms with Crippen molar-refractivity contribution in [2.75, 3.05) is 0 Å². The molecule has 2 rings (SSSR count). The van der Waals surface area contributed by atoms with Gasteiger partial charge in [0, 0.05) is 10.9 Å². The van der Waals surface area contributed by atoms with Gasteiger partial charge in [-0.05, 0) is 44.7 Å². The van der Waals surface area contributed by atoms with Crippen LogP contribution in [-0.4, -0.2) is 28.3 Å². The third kappa shape index (κ3) is 4.26. The van der Waals surface area contributed by atoms with Gasteiger partial charge in [0.1, 0.15) is 5.25 Å². The maximum Gasteiger partial charge on any atom is 0.316 e. The lowest BCUT2D eigenvalue weighted by Gasteiger charge is -2.21. The van der Waals surface area contributed by atoms with E-state index in [-0.39, 0.29) is 11.9 Å². The number of benzene rings is 1. The van der Waals surface area contributed by atoms with E-state index in [1.165, 1.54) is 37.4 Å². The highest BCUT2D eigenvalue weighted by Crippen LogP contribution is 2.29. The summed E-state index contributed by atoms with van der Waals surface area (Å²) in [5, 5.41) is 11.5. The lowest BCUT2D eigenvalue weighted by molar-refractivity contribution is -0.136. The predicted molar refractivity (Wildman–Crippen MR) is 88.3 cm³/mol. The third-order valence-corrected chi connectivity index (χ3v) is 5.41. The molecule has 1 aliphatic rings. The average molecular weight is 321 g/mol. The van der Waals surface area contributed by atoms with E-state index in [1.807, 2.05) is 12.1 Å². The Labute approximate surface area is 135 Å². The van der Waals surface area contributed by atoms with Gasteiger partial charge in [0.15, 0.2) is 0 Å². The summed E-state index contributed by atoms with van der Waals surface area (Å²) >= 11 is 1.21. The molecule has 1 fully saturated rings. The fraction of sp³-hybridized carbons (Fsp3) is 0.529. The van der Waals surface area contributed by atoms with Crippen LogP contribution in [0.2, 0.25) is 0 Å². The van der Waals surface area contributed by atoms with Crippen LogP contribution in [0.3, 0.4) is 0 Å². The van der Waals surface area contributed by atoms with E-state index >= 15 is 0 Å². The topological polar surface area (TPSA) is 66.4 Å². The minimum Gasteiger partial charge on any atom is -0.480 e. The minimum absolute atomic E-state index is 0.111. The zero-order valence-corrected chi connectivity index (χ0v) is 13.9. The van der Waals surface area contributed by atoms with Crippen LogP contribution in [0.5, 0.6) is 0 Å². The van der Waals surface area contributed by atoms with E-state index in [0.29, 0.717) is 16.4 Å². The summed E-state index contributed by atoms with van der Waals surface area (Å²) in [4.78, 5) is 24.2. The van der Waals surface area contributed by atoms with Crippen molar-refractivity contribution in [3.05, 3.63) is 29.8 Å². The van der Waals surface area contributed by atoms with Gasteiger partial charge >= 0.3 is 5.97 Å². The first-order valence-corrected chi connectivity index (χ1v) is 8.66. The molecule has 0 saturated heterocycles. The van der Waals surface area contributed by atoms with Crippen molar-refractivity contribution in [2.45, 2.75) is 55.7 Å². The fourth-order valence-electron chi connectivity index (χ4n) is 2.86. The van der Waals surface area contributed by atoms with Crippen LogP contribution < -0.4 is 5.32 Å². The maximum atomic E-state index is 12.5. The summed E-state index contributed by atoms with van der Waals surface area (Å²) in [6, 6.07) is 7.36. The highest BCUT2D eigenvalue weighted by Gasteiger charge is 2.24. The molecule has 1 aliphatic carbocycles. The van der Waals surface area contributed by atoms with Crippen molar-refractivity contribution in [2.24, 2.45) is 5.92 Å². The van der Waals surface area contributed by atoms with E-state index in [9.17, 15) is 9.59 Å². The number of thioether (sulfide) groups is 1. The predicted octanol–water partition coefficient (Wildman–Crippen LogP) is 3.56. The molecule has 2 atom stereocenters. The highest BCUT2D eigenvalue weighted by atomic mass is 32.2. The first-order chi connectivity index (χ1) is 10.5. The van der Waals surface area contributed by atoms with Gasteiger partial charge in [0.05, 0.1) is 5.56 Å². The third-order valence-electron chi connectivity index (χ3n) is 4.25. The van der Waals surface area contributed by atoms with Crippen molar-refractivity contribution < 1.29 is 14.7 Å². The summed E-state index contributed by atoms with van der Waals surface area (Å²) in [6.07, 6.45) is 4.84. The molecule has 1 amide bonds. The molecule has 1 aromatic carbocycles. The number of carbonyl (C=O) groups is 2. The molecular weight excluding hydrogens is 298 g/mol. The van der Waals surface area contributed by atoms with Gasteiger partial charge in [0.2, 0.25) is 0 Å². The van der Waals surface area contributed by atoms with Crippen molar-refractivity contribution in [3.8, 4) is 0 Å². The highest BCUT2D eigenvalue weighted by molar-refractivity contribution is 8.00. The van der Waals surface area contributed by atoms with Crippen LogP contribution >= 0.6 is 11.8 Å². The van der Waals surface area contributed by atoms with Crippen molar-refractivity contribution in [1.29, 1.82) is 0 Å². The molecular formula is C17H23NO3S. The Kier molecular flexibility index (Phi) is 5.89. The van der Waals surface area contributed by atoms with E-state index in [0.717, 1.165) is 0 Å². The minimum atomic E-state index is -0.875. The first-order valence-electron chi connectivity index (χ1n) is 7.78. The molecule has 0 aliphatic heterocycles. The van der Waals surface area contributed by atoms with E-state index in [4.69, 9.17) is 5.11 Å². The van der Waals surface area contributed by atoms with Crippen LogP contribution in [0.4, 0.5) is 0 Å². The number of hydrogen-bond donors (Lipinski definition) is 2. The monoisotopic (exact) mass is 321 g/mol. The standard InChI is InChI=1S/C17H23NO3S/c1-11(13-7-3-4-8-13)18-16(19)14-9-5-6-10-15(14)22-12(2)17(20)21/h5-6,9-13H,3-4,7-8H2,1-2H3,(H,18,19)(H,20,21). The Bertz CT molecular complexity index is 540. The molecule has 0 spiro atoms. The summed E-state index contributed by atoms with van der Waals surface area (Å²) in [7, 11) is 0. The largest absolute Gasteiger partial charge is 0.480 e. The number of nitrogens with one attached hydrogen (secondary N) is 1. The van der Waals surface area contributed by atoms with Crippen molar-refractivity contribution in [1.82, 2.24) is 5.32 Å². The summed E-state index contributed by atoms with van der Waals surface area (Å²) in [6.45, 7) is 3.69. The maximum absolute atomic E-state index is 12.5. The number of carbonyl (C=O) groups excluding carboxylic acids is 1. The molecule has 0 radical (unpaired) electrons. The zero-order valence-electron chi connectivity index (χ0n) is 13.0. The smallest absolute Gasteiger partial charge is 0.316 e. The van der Waals surface area contributed by atoms with Crippen LogP contribution in [-0.2, 0) is 4.79 Å². The summed E-state index contributed by atoms with van der Waals surface area (Å²) in [5.74, 6) is -0.429. The van der Waals surface area contributed by atoms with Gasteiger partial charge in [-0.1, -0.05) is 25.0 Å². The molecule has 22 heavy (non-hydrogen) atoms. The number of hydrogen-bond acceptors (Lipinski definition) is 3. The number of carboxylic acids is 1. The van der Waals surface area contributed by atoms with E-state index in [2.05, 4.69) is 12.2 Å². The molecule has 4 nitrogen and oxygen atoms in total. The lowest BCUT2D eigenvalue weighted by Crippen LogP contribution is -2.37. The molecule has 1 saturated carbocycles. The molecule has 2 N–H and O–H groups in total. The quantitative estimate of drug-likeness (QED) is 0.786. The molecule has 0 aromatic heterocycles. The molecule has 2 unspecified atom stereocenters. The Balaban J connectivity index is 2.07. The molecule has 120 valence electrons. The Morgan fingerprint density at radius 3 is 2.50 bits per heavy atom. The summed E-state index contributed by atoms with van der Waals surface area (Å²) in [5.41, 5.74) is 0.561. The Morgan fingerprint density at radius 1 is 1.23 bits per heavy atom. The van der Waals surface area contributed by atoms with Gasteiger partial charge in [-0.25, -0.2) is 0 Å². The first kappa shape index (κ1) is 16.9. The van der Waals surface area contributed by atoms with Crippen molar-refractivity contribution >= 4 is 23.6 Å². The summed E-state index contributed by atoms with van der Waals surface area (Å²) < 4.78 is 0. The van der Waals surface area contributed by atoms with Crippen LogP contribution in [0.25, 0.3) is 0 Å². The number of amides is 1. The van der Waals surface area contributed by atoms with Gasteiger partial charge in [0.25, 0.3) is 5.91 Å². The van der Waals surface area contributed by atoms with Gasteiger partial charge in [-0.15, -0.1) is 11.8 Å². The lowest BCUT2D eigenvalue weighted by atomic mass is 9.99. The molecule has 5 heteroatoms. The molecule has 0 bridgehead atoms. The zero-order chi connectivity index (χ0) is 16.1. The molecule has 0 heterocycles. The van der Waals surface area contributed by atoms with E-state index in [1.54, 1.807) is 19.1 Å². The second kappa shape index (κ2) is 7.68. The Hall–Kier alpha value is -1.49. The van der Waals surface area contributed by atoms with Crippen LogP contribution in [0, 0.1) is 5.92 Å². The number of rotatable bonds is 6. The van der Waals surface area contributed by atoms with Crippen LogP contribution in [0.15, 0.2) is 29.2 Å². The van der Waals surface area contributed by atoms with Gasteiger partial charge < -0.3 is 10.4 Å². The number of carboxylic acid groups (broad SMARTS) is 1.